The molecule has 1 aliphatic heterocycles. The van der Waals surface area contributed by atoms with E-state index in [0.29, 0.717) is 12.4 Å². The smallest absolute Gasteiger partial charge is 0.161 e. The van der Waals surface area contributed by atoms with E-state index in [0.717, 1.165) is 5.76 Å². The summed E-state index contributed by atoms with van der Waals surface area (Å²) >= 11 is 0. The summed E-state index contributed by atoms with van der Waals surface area (Å²) in [5.74, 6) is 1.41. The molecule has 0 aromatic heterocycles. The molecule has 1 rings (SSSR count). The highest BCUT2D eigenvalue weighted by Crippen LogP contribution is 2.21. The standard InChI is InChI=1S/C11H16O3/c1-3-5-6-11-10(4-2)14-9(7-12)8-13-11/h3-6,9,12H,7-8H2,1-2H3/b5-3-,10-4+,11-6+. The molecule has 14 heavy (non-hydrogen) atoms. The van der Waals surface area contributed by atoms with Crippen molar-refractivity contribution in [1.29, 1.82) is 0 Å². The van der Waals surface area contributed by atoms with Crippen LogP contribution in [0.25, 0.3) is 0 Å². The summed E-state index contributed by atoms with van der Waals surface area (Å²) in [5.41, 5.74) is 0. The van der Waals surface area contributed by atoms with Crippen LogP contribution in [0.5, 0.6) is 0 Å². The molecule has 0 amide bonds. The quantitative estimate of drug-likeness (QED) is 0.731. The summed E-state index contributed by atoms with van der Waals surface area (Å²) in [6, 6.07) is 0. The van der Waals surface area contributed by atoms with Gasteiger partial charge in [-0.2, -0.15) is 0 Å². The fourth-order valence-corrected chi connectivity index (χ4v) is 1.14. The van der Waals surface area contributed by atoms with Crippen molar-refractivity contribution in [1.82, 2.24) is 0 Å². The van der Waals surface area contributed by atoms with Crippen LogP contribution in [0.4, 0.5) is 0 Å². The maximum atomic E-state index is 8.90. The minimum absolute atomic E-state index is 0.0196. The van der Waals surface area contributed by atoms with Crippen molar-refractivity contribution in [3.05, 3.63) is 35.8 Å². The number of hydrogen-bond acceptors (Lipinski definition) is 3. The van der Waals surface area contributed by atoms with Gasteiger partial charge in [0, 0.05) is 0 Å². The maximum absolute atomic E-state index is 8.90. The molecule has 0 aliphatic carbocycles. The molecule has 1 fully saturated rings. The van der Waals surface area contributed by atoms with Crippen LogP contribution < -0.4 is 0 Å². The predicted molar refractivity (Wildman–Crippen MR) is 54.6 cm³/mol. The van der Waals surface area contributed by atoms with Crippen LogP contribution >= 0.6 is 0 Å². The Morgan fingerprint density at radius 1 is 1.43 bits per heavy atom. The molecule has 0 aromatic carbocycles. The summed E-state index contributed by atoms with van der Waals surface area (Å²) in [7, 11) is 0. The minimum atomic E-state index is -0.246. The van der Waals surface area contributed by atoms with Crippen molar-refractivity contribution < 1.29 is 14.6 Å². The van der Waals surface area contributed by atoms with Gasteiger partial charge in [0.05, 0.1) is 6.61 Å². The van der Waals surface area contributed by atoms with Crippen LogP contribution in [-0.2, 0) is 9.47 Å². The zero-order valence-corrected chi connectivity index (χ0v) is 8.56. The molecule has 0 aromatic rings. The molecule has 3 nitrogen and oxygen atoms in total. The zero-order valence-electron chi connectivity index (χ0n) is 8.56. The highest BCUT2D eigenvalue weighted by atomic mass is 16.6. The summed E-state index contributed by atoms with van der Waals surface area (Å²) in [5, 5.41) is 8.90. The van der Waals surface area contributed by atoms with Gasteiger partial charge in [0.15, 0.2) is 17.6 Å². The Labute approximate surface area is 84.3 Å². The Hall–Kier alpha value is -1.22. The fraction of sp³-hybridized carbons (Fsp3) is 0.455. The normalized spacial score (nSPS) is 28.1. The van der Waals surface area contributed by atoms with E-state index in [1.165, 1.54) is 0 Å². The Balaban J connectivity index is 2.71. The first-order valence-corrected chi connectivity index (χ1v) is 4.71. The molecule has 1 saturated heterocycles. The van der Waals surface area contributed by atoms with Crippen LogP contribution in [-0.4, -0.2) is 24.4 Å². The van der Waals surface area contributed by atoms with Crippen molar-refractivity contribution in [2.45, 2.75) is 20.0 Å². The lowest BCUT2D eigenvalue weighted by Gasteiger charge is -2.26. The maximum Gasteiger partial charge on any atom is 0.161 e. The molecule has 1 unspecified atom stereocenters. The van der Waals surface area contributed by atoms with Gasteiger partial charge in [0.25, 0.3) is 0 Å². The number of allylic oxidation sites excluding steroid dienone is 4. The number of aliphatic hydroxyl groups is 1. The van der Waals surface area contributed by atoms with Crippen LogP contribution in [0.2, 0.25) is 0 Å². The van der Waals surface area contributed by atoms with Crippen LogP contribution in [0.15, 0.2) is 35.8 Å². The molecule has 0 saturated carbocycles. The van der Waals surface area contributed by atoms with Gasteiger partial charge < -0.3 is 14.6 Å². The summed E-state index contributed by atoms with van der Waals surface area (Å²) < 4.78 is 10.9. The van der Waals surface area contributed by atoms with E-state index in [2.05, 4.69) is 0 Å². The molecule has 0 bridgehead atoms. The number of hydrogen-bond donors (Lipinski definition) is 1. The molecule has 0 radical (unpaired) electrons. The van der Waals surface area contributed by atoms with Gasteiger partial charge >= 0.3 is 0 Å². The molecule has 0 spiro atoms. The highest BCUT2D eigenvalue weighted by molar-refractivity contribution is 5.25. The van der Waals surface area contributed by atoms with Gasteiger partial charge in [0.1, 0.15) is 6.61 Å². The van der Waals surface area contributed by atoms with Gasteiger partial charge in [-0.1, -0.05) is 12.2 Å². The Morgan fingerprint density at radius 2 is 2.21 bits per heavy atom. The summed E-state index contributed by atoms with van der Waals surface area (Å²) in [6.07, 6.45) is 7.24. The van der Waals surface area contributed by atoms with Crippen molar-refractivity contribution >= 4 is 0 Å². The Morgan fingerprint density at radius 3 is 2.79 bits per heavy atom. The van der Waals surface area contributed by atoms with E-state index in [1.54, 1.807) is 0 Å². The zero-order chi connectivity index (χ0) is 10.4. The molecule has 1 N–H and O–H groups in total. The summed E-state index contributed by atoms with van der Waals surface area (Å²) in [6.45, 7) is 4.19. The first kappa shape index (κ1) is 10.9. The second-order valence-electron chi connectivity index (χ2n) is 2.94. The van der Waals surface area contributed by atoms with E-state index in [-0.39, 0.29) is 12.7 Å². The van der Waals surface area contributed by atoms with Gasteiger partial charge in [0.2, 0.25) is 0 Å². The van der Waals surface area contributed by atoms with Crippen LogP contribution in [0, 0.1) is 0 Å². The number of rotatable bonds is 2. The molecule has 3 heteroatoms. The topological polar surface area (TPSA) is 38.7 Å². The first-order valence-electron chi connectivity index (χ1n) is 4.71. The number of ether oxygens (including phenoxy) is 2. The largest absolute Gasteiger partial charge is 0.486 e. The predicted octanol–water partition coefficient (Wildman–Crippen LogP) is 1.76. The SMILES string of the molecule is C\C=C/C=C1/OCC(CO)O/C1=C/C. The molecular weight excluding hydrogens is 180 g/mol. The Bertz CT molecular complexity index is 264. The molecular formula is C11H16O3. The van der Waals surface area contributed by atoms with E-state index in [4.69, 9.17) is 14.6 Å². The minimum Gasteiger partial charge on any atom is -0.486 e. The van der Waals surface area contributed by atoms with E-state index in [9.17, 15) is 0 Å². The van der Waals surface area contributed by atoms with Gasteiger partial charge in [-0.25, -0.2) is 0 Å². The van der Waals surface area contributed by atoms with Crippen molar-refractivity contribution in [2.75, 3.05) is 13.2 Å². The van der Waals surface area contributed by atoms with E-state index < -0.39 is 0 Å². The Kier molecular flexibility index (Phi) is 4.26. The molecule has 1 atom stereocenters. The molecule has 1 aliphatic rings. The lowest BCUT2D eigenvalue weighted by atomic mass is 10.3. The van der Waals surface area contributed by atoms with Crippen molar-refractivity contribution in [2.24, 2.45) is 0 Å². The second-order valence-corrected chi connectivity index (χ2v) is 2.94. The molecule has 78 valence electrons. The van der Waals surface area contributed by atoms with Crippen molar-refractivity contribution in [3.63, 3.8) is 0 Å². The lowest BCUT2D eigenvalue weighted by molar-refractivity contribution is -0.0339. The van der Waals surface area contributed by atoms with E-state index in [1.807, 2.05) is 38.2 Å². The summed E-state index contributed by atoms with van der Waals surface area (Å²) in [4.78, 5) is 0. The second kappa shape index (κ2) is 5.50. The van der Waals surface area contributed by atoms with Crippen LogP contribution in [0.3, 0.4) is 0 Å². The third-order valence-electron chi connectivity index (χ3n) is 1.87. The van der Waals surface area contributed by atoms with E-state index >= 15 is 0 Å². The highest BCUT2D eigenvalue weighted by Gasteiger charge is 2.21. The molecule has 1 heterocycles. The average molecular weight is 196 g/mol. The number of aliphatic hydroxyl groups excluding tert-OH is 1. The fourth-order valence-electron chi connectivity index (χ4n) is 1.14. The third kappa shape index (κ3) is 2.64. The third-order valence-corrected chi connectivity index (χ3v) is 1.87. The van der Waals surface area contributed by atoms with Gasteiger partial charge in [-0.15, -0.1) is 0 Å². The van der Waals surface area contributed by atoms with Crippen molar-refractivity contribution in [3.8, 4) is 0 Å². The van der Waals surface area contributed by atoms with Gasteiger partial charge in [-0.05, 0) is 26.0 Å². The first-order chi connectivity index (χ1) is 6.81. The lowest BCUT2D eigenvalue weighted by Crippen LogP contribution is -2.29. The monoisotopic (exact) mass is 196 g/mol. The van der Waals surface area contributed by atoms with Gasteiger partial charge in [-0.3, -0.25) is 0 Å². The average Bonchev–Trinajstić information content (AvgIpc) is 2.26. The van der Waals surface area contributed by atoms with Crippen LogP contribution in [0.1, 0.15) is 13.8 Å².